The lowest BCUT2D eigenvalue weighted by Gasteiger charge is -2.35. The van der Waals surface area contributed by atoms with Crippen molar-refractivity contribution in [1.82, 2.24) is 38.7 Å². The summed E-state index contributed by atoms with van der Waals surface area (Å²) in [6, 6.07) is 6.60. The average molecular weight is 1160 g/mol. The summed E-state index contributed by atoms with van der Waals surface area (Å²) in [6.45, 7) is 31.1. The van der Waals surface area contributed by atoms with Gasteiger partial charge >= 0.3 is 14.4 Å². The number of hydrogen-bond donors (Lipinski definition) is 5. The van der Waals surface area contributed by atoms with E-state index in [1.165, 1.54) is 77.0 Å². The standard InChI is InChI=1S/C12H24ClN2OP.C12H24N5OP.C12H26N3OP.C12H26N2.C6H14N2.CH4.H2/c1-9(2)14-11-7-5-6-8-12(11)15(10(3)4)17(14,13)16;1-9(2)16-11-7-5-6-8-12(11)17(10(3)4)19(16,18)15-14-13;1-9(2)14-11-7-5-6-8-12(11)15(10(3)4)17(14,13)16;1-9(2)13-11-7-5-6-8-12(11)14-10(3)4;7-5-3-1-2-4-6(5)8;;/h9-12H,5-8H2,1-4H3;9-12H,5-8H2,1-4H3;9-12H,5-8H2,1-4H3,(H2,13,16);9-14H,5-8H2,1-4H3;5-6H,1-4,7-8H2;1H4;1H/t4*11-,12-;5-,6-;;/m11111../s1/i;;;;;;1+1D. The number of nitrogens with zero attached hydrogens (tertiary/aromatic N) is 9. The van der Waals surface area contributed by atoms with E-state index < -0.39 is 22.0 Å². The molecule has 0 unspecified atom stereocenters. The zero-order chi connectivity index (χ0) is 58.3. The molecule has 21 heteroatoms. The van der Waals surface area contributed by atoms with Crippen molar-refractivity contribution in [3.8, 4) is 0 Å². The predicted molar refractivity (Wildman–Crippen MR) is 328 cm³/mol. The Morgan fingerprint density at radius 3 is 0.947 bits per heavy atom. The molecule has 0 spiro atoms. The average Bonchev–Trinajstić information content (AvgIpc) is 3.89. The van der Waals surface area contributed by atoms with E-state index in [0.29, 0.717) is 48.3 Å². The van der Waals surface area contributed by atoms with Crippen LogP contribution in [0.2, 0.25) is 0 Å². The number of nitrogens with one attached hydrogen (secondary N) is 2. The first-order valence-corrected chi connectivity index (χ1v) is 35.9. The second kappa shape index (κ2) is 31.5. The molecule has 3 heterocycles. The molecule has 3 saturated heterocycles. The molecule has 8 aliphatic rings. The van der Waals surface area contributed by atoms with Crippen molar-refractivity contribution in [2.24, 2.45) is 21.9 Å². The van der Waals surface area contributed by atoms with Crippen molar-refractivity contribution in [3.63, 3.8) is 0 Å². The molecule has 450 valence electrons. The second-order valence-electron chi connectivity index (χ2n) is 25.6. The normalized spacial score (nSPS) is 32.9. The van der Waals surface area contributed by atoms with Gasteiger partial charge in [0.2, 0.25) is 0 Å². The van der Waals surface area contributed by atoms with Gasteiger partial charge in [-0.05, 0) is 164 Å². The molecule has 0 aromatic heterocycles. The molecule has 0 bridgehead atoms. The fraction of sp³-hybridized carbons (Fsp3) is 1.00. The highest BCUT2D eigenvalue weighted by molar-refractivity contribution is 7.85. The Morgan fingerprint density at radius 2 is 0.711 bits per heavy atom. The van der Waals surface area contributed by atoms with Gasteiger partial charge in [-0.25, -0.2) is 28.0 Å². The van der Waals surface area contributed by atoms with Crippen LogP contribution in [-0.4, -0.2) is 137 Å². The van der Waals surface area contributed by atoms with Gasteiger partial charge in [-0.3, -0.25) is 19.2 Å². The number of halogens is 1. The number of hydrogen-bond acceptors (Lipinski definition) is 7. The number of nitrogens with two attached hydrogens (primary N) is 3. The number of rotatable bonds is 11. The molecule has 0 aromatic rings. The lowest BCUT2D eigenvalue weighted by molar-refractivity contribution is 0.173. The highest BCUT2D eigenvalue weighted by atomic mass is 35.7. The SMILES string of the molecule is C.CC(C)N1[C@@H]2CCCC[C@H]2N(C(C)C)P1(=O)Cl.CC(C)N1[C@@H]2CCCC[C@H]2N(C(C)C)P1(=O)N=[N+]=[N-].CC(C)N1[C@@H]2CCCC[C@H]2N(C(C)C)P1(N)=O.CC(C)N[C@@H]1CCCC[C@H]1NC(C)C.N[C@@H]1CCCC[C@H]1N.[2H][2H]. The fourth-order valence-electron chi connectivity index (χ4n) is 14.5. The third-order valence-electron chi connectivity index (χ3n) is 17.0. The third kappa shape index (κ3) is 17.2. The monoisotopic (exact) mass is 1150 g/mol. The first kappa shape index (κ1) is 68.3. The van der Waals surface area contributed by atoms with Gasteiger partial charge in [-0.1, -0.05) is 99.3 Å². The van der Waals surface area contributed by atoms with Crippen LogP contribution in [0, 0.1) is 0 Å². The van der Waals surface area contributed by atoms with E-state index in [9.17, 15) is 13.7 Å². The first-order valence-electron chi connectivity index (χ1n) is 31.2. The summed E-state index contributed by atoms with van der Waals surface area (Å²) in [5.74, 6) is 0. The van der Waals surface area contributed by atoms with Crippen molar-refractivity contribution in [1.29, 1.82) is 0 Å². The van der Waals surface area contributed by atoms with Crippen molar-refractivity contribution in [3.05, 3.63) is 10.4 Å². The highest BCUT2D eigenvalue weighted by Gasteiger charge is 2.58. The third-order valence-corrected chi connectivity index (χ3v) is 26.6. The van der Waals surface area contributed by atoms with Gasteiger partial charge in [0.15, 0.2) is 0 Å². The first-order chi connectivity index (χ1) is 36.1. The van der Waals surface area contributed by atoms with E-state index in [2.05, 4.69) is 122 Å². The van der Waals surface area contributed by atoms with Crippen LogP contribution in [0.25, 0.3) is 10.4 Å². The minimum atomic E-state index is -3.13. The molecule has 8 fully saturated rings. The Balaban J connectivity index is 0.000000336. The maximum atomic E-state index is 13.4. The van der Waals surface area contributed by atoms with Gasteiger partial charge in [-0.15, -0.1) is 0 Å². The molecule has 5 saturated carbocycles. The van der Waals surface area contributed by atoms with E-state index in [1.807, 2.05) is 37.0 Å². The van der Waals surface area contributed by atoms with Crippen molar-refractivity contribution in [2.75, 3.05) is 0 Å². The van der Waals surface area contributed by atoms with Gasteiger partial charge in [0.25, 0.3) is 7.59 Å². The molecule has 17 nitrogen and oxygen atoms in total. The van der Waals surface area contributed by atoms with Gasteiger partial charge in [-0.2, -0.15) is 0 Å². The molecular formula is C55H120ClN14O3P3. The summed E-state index contributed by atoms with van der Waals surface area (Å²) in [5, 5.41) is 7.35. The lowest BCUT2D eigenvalue weighted by atomic mass is 9.89. The molecule has 0 aromatic carbocycles. The lowest BCUT2D eigenvalue weighted by Crippen LogP contribution is -2.53. The molecule has 76 heavy (non-hydrogen) atoms. The zero-order valence-electron chi connectivity index (χ0n) is 52.2. The molecule has 5 aliphatic carbocycles. The summed E-state index contributed by atoms with van der Waals surface area (Å²) >= 11 is 6.47. The predicted octanol–water partition coefficient (Wildman–Crippen LogP) is 14.4. The quantitative estimate of drug-likeness (QED) is 0.0562. The fourth-order valence-corrected chi connectivity index (χ4v) is 24.9. The zero-order valence-corrected chi connectivity index (χ0v) is 53.7. The topological polar surface area (TPSA) is 222 Å². The van der Waals surface area contributed by atoms with Crippen LogP contribution in [0.4, 0.5) is 0 Å². The van der Waals surface area contributed by atoms with Crippen molar-refractivity contribution < 1.29 is 16.7 Å². The maximum Gasteiger partial charge on any atom is 0.305 e. The molecule has 10 atom stereocenters. The molecule has 8 N–H and O–H groups in total. The van der Waals surface area contributed by atoms with Crippen LogP contribution in [0.5, 0.6) is 0 Å². The Labute approximate surface area is 474 Å². The van der Waals surface area contributed by atoms with Crippen LogP contribution < -0.4 is 27.6 Å². The molecular weight excluding hydrogens is 1030 g/mol. The summed E-state index contributed by atoms with van der Waals surface area (Å²) < 4.78 is 61.7. The van der Waals surface area contributed by atoms with Gasteiger partial charge in [0.1, 0.15) is 0 Å². The van der Waals surface area contributed by atoms with Crippen LogP contribution in [0.15, 0.2) is 4.88 Å². The van der Waals surface area contributed by atoms with E-state index in [1.54, 1.807) is 0 Å². The van der Waals surface area contributed by atoms with Gasteiger partial charge in [0.05, 0.1) is 0 Å². The summed E-state index contributed by atoms with van der Waals surface area (Å²) in [4.78, 5) is 6.66. The summed E-state index contributed by atoms with van der Waals surface area (Å²) in [5.41, 5.74) is 26.4. The van der Waals surface area contributed by atoms with E-state index in [-0.39, 0.29) is 67.8 Å². The van der Waals surface area contributed by atoms with Crippen molar-refractivity contribution >= 4 is 33.2 Å². The highest BCUT2D eigenvalue weighted by Crippen LogP contribution is 2.69. The Hall–Kier alpha value is -0.150. The van der Waals surface area contributed by atoms with Crippen LogP contribution in [0.3, 0.4) is 0 Å². The molecule has 0 amide bonds. The van der Waals surface area contributed by atoms with E-state index in [0.717, 1.165) is 51.4 Å². The summed E-state index contributed by atoms with van der Waals surface area (Å²) in [7, 11) is -5.95. The Kier molecular flexibility index (Phi) is 28.3. The smallest absolute Gasteiger partial charge is 0.305 e. The number of fused-ring (bicyclic) bond motifs is 3. The van der Waals surface area contributed by atoms with E-state index >= 15 is 0 Å². The maximum absolute atomic E-state index is 13.4. The molecule has 8 rings (SSSR count). The van der Waals surface area contributed by atoms with Crippen LogP contribution in [-0.2, 0) is 13.7 Å². The number of azide groups is 1. The van der Waals surface area contributed by atoms with Gasteiger partial charge in [0, 0.05) is 122 Å². The second-order valence-corrected chi connectivity index (χ2v) is 33.0. The van der Waals surface area contributed by atoms with Crippen LogP contribution in [0.1, 0.15) is 250 Å². The summed E-state index contributed by atoms with van der Waals surface area (Å²) in [6.07, 6.45) is 24.3. The Morgan fingerprint density at radius 1 is 0.474 bits per heavy atom. The Bertz CT molecular complexity index is 1750. The van der Waals surface area contributed by atoms with Gasteiger partial charge < -0.3 is 22.1 Å². The van der Waals surface area contributed by atoms with E-state index in [4.69, 9.17) is 36.7 Å². The molecule has 3 aliphatic heterocycles. The molecule has 0 radical (unpaired) electrons. The minimum absolute atomic E-state index is 0. The largest absolute Gasteiger partial charge is 0.326 e. The minimum Gasteiger partial charge on any atom is -0.326 e. The van der Waals surface area contributed by atoms with Crippen molar-refractivity contribution in [2.45, 2.75) is 355 Å². The van der Waals surface area contributed by atoms with Crippen LogP contribution >= 0.6 is 33.2 Å².